The van der Waals surface area contributed by atoms with Crippen molar-refractivity contribution in [2.75, 3.05) is 43.4 Å². The van der Waals surface area contributed by atoms with Gasteiger partial charge >= 0.3 is 0 Å². The number of amides is 1. The van der Waals surface area contributed by atoms with E-state index >= 15 is 0 Å². The van der Waals surface area contributed by atoms with Crippen LogP contribution in [0.3, 0.4) is 0 Å². The molecule has 126 valence electrons. The van der Waals surface area contributed by atoms with E-state index in [1.54, 1.807) is 12.3 Å². The average Bonchev–Trinajstić information content (AvgIpc) is 2.58. The predicted octanol–water partition coefficient (Wildman–Crippen LogP) is 3.16. The Balaban J connectivity index is 1.67. The quantitative estimate of drug-likeness (QED) is 0.876. The summed E-state index contributed by atoms with van der Waals surface area (Å²) in [6.45, 7) is 6.07. The smallest absolute Gasteiger partial charge is 0.274 e. The van der Waals surface area contributed by atoms with Gasteiger partial charge in [0.2, 0.25) is 0 Å². The first kappa shape index (κ1) is 16.9. The van der Waals surface area contributed by atoms with Crippen LogP contribution in [0.1, 0.15) is 16.1 Å². The number of rotatable bonds is 3. The fourth-order valence-corrected chi connectivity index (χ4v) is 3.27. The molecule has 2 heterocycles. The number of benzene rings is 1. The summed E-state index contributed by atoms with van der Waals surface area (Å²) < 4.78 is 0.866. The number of nitrogens with zero attached hydrogens (tertiary/aromatic N) is 3. The van der Waals surface area contributed by atoms with E-state index in [9.17, 15) is 4.79 Å². The number of likely N-dealkylation sites (N-methyl/N-ethyl adjacent to an activating group) is 1. The molecule has 1 N–H and O–H groups in total. The zero-order chi connectivity index (χ0) is 17.1. The molecule has 1 amide bonds. The molecule has 0 spiro atoms. The van der Waals surface area contributed by atoms with Gasteiger partial charge in [-0.1, -0.05) is 6.07 Å². The minimum absolute atomic E-state index is 0.204. The van der Waals surface area contributed by atoms with Crippen molar-refractivity contribution >= 4 is 33.2 Å². The molecule has 1 fully saturated rings. The molecule has 1 aromatic carbocycles. The summed E-state index contributed by atoms with van der Waals surface area (Å²) in [5.74, 6) is -0.204. The summed E-state index contributed by atoms with van der Waals surface area (Å²) >= 11 is 3.47. The van der Waals surface area contributed by atoms with Gasteiger partial charge in [0, 0.05) is 30.7 Å². The molecule has 1 aliphatic rings. The van der Waals surface area contributed by atoms with Crippen molar-refractivity contribution in [1.82, 2.24) is 9.88 Å². The van der Waals surface area contributed by atoms with Gasteiger partial charge in [0.1, 0.15) is 5.69 Å². The maximum absolute atomic E-state index is 12.4. The van der Waals surface area contributed by atoms with Gasteiger partial charge in [0.05, 0.1) is 17.6 Å². The first-order chi connectivity index (χ1) is 11.5. The molecule has 0 saturated carbocycles. The summed E-state index contributed by atoms with van der Waals surface area (Å²) in [6.07, 6.45) is 1.78. The van der Waals surface area contributed by atoms with Gasteiger partial charge < -0.3 is 15.1 Å². The molecule has 6 heteroatoms. The highest BCUT2D eigenvalue weighted by molar-refractivity contribution is 9.10. The molecule has 0 aliphatic carbocycles. The van der Waals surface area contributed by atoms with Gasteiger partial charge in [0.15, 0.2) is 0 Å². The maximum atomic E-state index is 12.4. The largest absolute Gasteiger partial charge is 0.368 e. The number of aryl methyl sites for hydroxylation is 1. The number of pyridine rings is 1. The molecule has 3 rings (SSSR count). The summed E-state index contributed by atoms with van der Waals surface area (Å²) in [5, 5.41) is 2.89. The van der Waals surface area contributed by atoms with Crippen LogP contribution in [0.15, 0.2) is 41.0 Å². The molecule has 0 bridgehead atoms. The molecule has 1 saturated heterocycles. The summed E-state index contributed by atoms with van der Waals surface area (Å²) in [7, 11) is 2.13. The molecular formula is C18H21BrN4O. The van der Waals surface area contributed by atoms with Crippen LogP contribution < -0.4 is 10.2 Å². The lowest BCUT2D eigenvalue weighted by Crippen LogP contribution is -2.44. The van der Waals surface area contributed by atoms with Crippen LogP contribution >= 0.6 is 15.9 Å². The minimum atomic E-state index is -0.204. The number of halogens is 1. The fourth-order valence-electron chi connectivity index (χ4n) is 2.68. The summed E-state index contributed by atoms with van der Waals surface area (Å²) in [5.41, 5.74) is 3.36. The maximum Gasteiger partial charge on any atom is 0.274 e. The number of nitrogens with one attached hydrogen (secondary N) is 1. The molecule has 0 radical (unpaired) electrons. The zero-order valence-electron chi connectivity index (χ0n) is 13.9. The Morgan fingerprint density at radius 1 is 1.17 bits per heavy atom. The van der Waals surface area contributed by atoms with Gasteiger partial charge in [-0.05, 0) is 59.7 Å². The molecule has 2 aromatic rings. The van der Waals surface area contributed by atoms with E-state index in [2.05, 4.69) is 43.1 Å². The van der Waals surface area contributed by atoms with E-state index < -0.39 is 0 Å². The van der Waals surface area contributed by atoms with Gasteiger partial charge in [-0.2, -0.15) is 0 Å². The highest BCUT2D eigenvalue weighted by Gasteiger charge is 2.15. The Kier molecular flexibility index (Phi) is 5.16. The van der Waals surface area contributed by atoms with Crippen LogP contribution in [0, 0.1) is 6.92 Å². The number of aromatic nitrogens is 1. The highest BCUT2D eigenvalue weighted by Crippen LogP contribution is 2.24. The van der Waals surface area contributed by atoms with Crippen molar-refractivity contribution in [2.24, 2.45) is 0 Å². The molecule has 1 aliphatic heterocycles. The van der Waals surface area contributed by atoms with Crippen LogP contribution in [-0.4, -0.2) is 49.0 Å². The Hall–Kier alpha value is -1.92. The SMILES string of the molecule is Cc1ccc(NC(=O)c2ccc(N3CCN(C)CC3)cn2)c(Br)c1. The molecule has 5 nitrogen and oxygen atoms in total. The van der Waals surface area contributed by atoms with Crippen molar-refractivity contribution in [1.29, 1.82) is 0 Å². The summed E-state index contributed by atoms with van der Waals surface area (Å²) in [4.78, 5) is 21.3. The number of hydrogen-bond donors (Lipinski definition) is 1. The first-order valence-corrected chi connectivity index (χ1v) is 8.79. The average molecular weight is 389 g/mol. The van der Waals surface area contributed by atoms with Gasteiger partial charge in [-0.15, -0.1) is 0 Å². The van der Waals surface area contributed by atoms with E-state index in [4.69, 9.17) is 0 Å². The molecular weight excluding hydrogens is 368 g/mol. The summed E-state index contributed by atoms with van der Waals surface area (Å²) in [6, 6.07) is 9.57. The van der Waals surface area contributed by atoms with Crippen molar-refractivity contribution in [3.63, 3.8) is 0 Å². The van der Waals surface area contributed by atoms with Gasteiger partial charge in [0.25, 0.3) is 5.91 Å². The Labute approximate surface area is 150 Å². The standard InChI is InChI=1S/C18H21BrN4O/c1-13-3-5-16(15(19)11-13)21-18(24)17-6-4-14(12-20-17)23-9-7-22(2)8-10-23/h3-6,11-12H,7-10H2,1-2H3,(H,21,24). The van der Waals surface area contributed by atoms with E-state index in [0.717, 1.165) is 47.6 Å². The second-order valence-electron chi connectivity index (χ2n) is 6.13. The van der Waals surface area contributed by atoms with E-state index in [1.807, 2.05) is 31.2 Å². The lowest BCUT2D eigenvalue weighted by atomic mass is 10.2. The van der Waals surface area contributed by atoms with Crippen molar-refractivity contribution in [2.45, 2.75) is 6.92 Å². The van der Waals surface area contributed by atoms with E-state index in [1.165, 1.54) is 0 Å². The first-order valence-electron chi connectivity index (χ1n) is 8.00. The minimum Gasteiger partial charge on any atom is -0.368 e. The van der Waals surface area contributed by atoms with Crippen LogP contribution in [0.25, 0.3) is 0 Å². The molecule has 24 heavy (non-hydrogen) atoms. The molecule has 0 atom stereocenters. The third kappa shape index (κ3) is 3.94. The van der Waals surface area contributed by atoms with Gasteiger partial charge in [-0.25, -0.2) is 4.98 Å². The van der Waals surface area contributed by atoms with Crippen molar-refractivity contribution in [3.05, 3.63) is 52.3 Å². The van der Waals surface area contributed by atoms with Crippen LogP contribution in [-0.2, 0) is 0 Å². The predicted molar refractivity (Wildman–Crippen MR) is 101 cm³/mol. The Morgan fingerprint density at radius 3 is 2.54 bits per heavy atom. The van der Waals surface area contributed by atoms with Crippen LogP contribution in [0.5, 0.6) is 0 Å². The molecule has 0 unspecified atom stereocenters. The third-order valence-electron chi connectivity index (χ3n) is 4.22. The Bertz CT molecular complexity index is 724. The fraction of sp³-hybridized carbons (Fsp3) is 0.333. The van der Waals surface area contributed by atoms with Crippen LogP contribution in [0.2, 0.25) is 0 Å². The zero-order valence-corrected chi connectivity index (χ0v) is 15.5. The second-order valence-corrected chi connectivity index (χ2v) is 6.98. The van der Waals surface area contributed by atoms with Crippen LogP contribution in [0.4, 0.5) is 11.4 Å². The van der Waals surface area contributed by atoms with Crippen molar-refractivity contribution in [3.8, 4) is 0 Å². The number of piperazine rings is 1. The number of carbonyl (C=O) groups excluding carboxylic acids is 1. The topological polar surface area (TPSA) is 48.5 Å². The van der Waals surface area contributed by atoms with Gasteiger partial charge in [-0.3, -0.25) is 4.79 Å². The highest BCUT2D eigenvalue weighted by atomic mass is 79.9. The lowest BCUT2D eigenvalue weighted by molar-refractivity contribution is 0.102. The number of anilines is 2. The molecule has 1 aromatic heterocycles. The monoisotopic (exact) mass is 388 g/mol. The van der Waals surface area contributed by atoms with Crippen molar-refractivity contribution < 1.29 is 4.79 Å². The van der Waals surface area contributed by atoms with E-state index in [0.29, 0.717) is 5.69 Å². The second kappa shape index (κ2) is 7.32. The van der Waals surface area contributed by atoms with E-state index in [-0.39, 0.29) is 5.91 Å². The third-order valence-corrected chi connectivity index (χ3v) is 4.88. The number of carbonyl (C=O) groups is 1. The normalized spacial score (nSPS) is 15.4. The lowest BCUT2D eigenvalue weighted by Gasteiger charge is -2.33. The number of hydrogen-bond acceptors (Lipinski definition) is 4. The Morgan fingerprint density at radius 2 is 1.92 bits per heavy atom.